The molecule has 0 radical (unpaired) electrons. The van der Waals surface area contributed by atoms with Crippen molar-refractivity contribution in [3.8, 4) is 11.5 Å². The Bertz CT molecular complexity index is 1080. The van der Waals surface area contributed by atoms with E-state index in [2.05, 4.69) is 15.7 Å². The second-order valence-electron chi connectivity index (χ2n) is 6.78. The lowest BCUT2D eigenvalue weighted by Gasteiger charge is -2.18. The first-order valence-corrected chi connectivity index (χ1v) is 10.0. The van der Waals surface area contributed by atoms with E-state index in [4.69, 9.17) is 9.47 Å². The fraction of sp³-hybridized carbons (Fsp3) is 0.261. The minimum absolute atomic E-state index is 0.272. The van der Waals surface area contributed by atoms with Crippen molar-refractivity contribution in [3.05, 3.63) is 65.5 Å². The number of aryl methyl sites for hydroxylation is 2. The summed E-state index contributed by atoms with van der Waals surface area (Å²) in [5.41, 5.74) is 2.57. The molecule has 1 heterocycles. The number of nitrogens with zero attached hydrogens (tertiary/aromatic N) is 2. The maximum Gasteiger partial charge on any atom is 0.274 e. The van der Waals surface area contributed by atoms with Crippen molar-refractivity contribution in [1.82, 2.24) is 9.78 Å². The lowest BCUT2D eigenvalue weighted by atomic mass is 10.2. The molecule has 3 aromatic rings. The largest absolute Gasteiger partial charge is 0.492 e. The summed E-state index contributed by atoms with van der Waals surface area (Å²) in [5, 5.41) is 9.93. The smallest absolute Gasteiger partial charge is 0.274 e. The number of carbonyl (C=O) groups excluding carboxylic acids is 2. The third-order valence-corrected chi connectivity index (χ3v) is 4.45. The zero-order chi connectivity index (χ0) is 22.4. The van der Waals surface area contributed by atoms with Crippen LogP contribution in [0.3, 0.4) is 0 Å². The molecule has 0 aliphatic carbocycles. The maximum absolute atomic E-state index is 12.8. The van der Waals surface area contributed by atoms with E-state index in [-0.39, 0.29) is 11.8 Å². The average Bonchev–Trinajstić information content (AvgIpc) is 3.10. The molecule has 2 amide bonds. The monoisotopic (exact) mass is 422 g/mol. The molecule has 0 saturated carbocycles. The van der Waals surface area contributed by atoms with Gasteiger partial charge in [0.25, 0.3) is 11.8 Å². The standard InChI is InChI=1S/C23H26N4O4/c1-5-30-20-14-18(25-23(29)19-12-15(3)26-27(19)4)21(31-6-2)13-17(20)24-22(28)16-10-8-7-9-11-16/h7-14H,5-6H2,1-4H3,(H,24,28)(H,25,29). The van der Waals surface area contributed by atoms with E-state index in [0.717, 1.165) is 5.69 Å². The average molecular weight is 422 g/mol. The first kappa shape index (κ1) is 21.9. The summed E-state index contributed by atoms with van der Waals surface area (Å²) in [4.78, 5) is 25.4. The summed E-state index contributed by atoms with van der Waals surface area (Å²) in [6, 6.07) is 13.9. The molecule has 0 unspecified atom stereocenters. The predicted molar refractivity (Wildman–Crippen MR) is 119 cm³/mol. The van der Waals surface area contributed by atoms with Gasteiger partial charge in [0.2, 0.25) is 0 Å². The van der Waals surface area contributed by atoms with Crippen molar-refractivity contribution in [2.45, 2.75) is 20.8 Å². The molecule has 2 aromatic carbocycles. The summed E-state index contributed by atoms with van der Waals surface area (Å²) in [7, 11) is 1.71. The lowest BCUT2D eigenvalue weighted by molar-refractivity contribution is 0.101. The SMILES string of the molecule is CCOc1cc(NC(=O)c2cc(C)nn2C)c(OCC)cc1NC(=O)c1ccccc1. The normalized spacial score (nSPS) is 10.5. The third kappa shape index (κ3) is 5.22. The van der Waals surface area contributed by atoms with Crippen LogP contribution in [-0.4, -0.2) is 34.8 Å². The highest BCUT2D eigenvalue weighted by Gasteiger charge is 2.19. The van der Waals surface area contributed by atoms with Gasteiger partial charge in [0.1, 0.15) is 17.2 Å². The van der Waals surface area contributed by atoms with Gasteiger partial charge in [-0.1, -0.05) is 18.2 Å². The van der Waals surface area contributed by atoms with Gasteiger partial charge in [0, 0.05) is 24.7 Å². The van der Waals surface area contributed by atoms with E-state index in [0.29, 0.717) is 47.3 Å². The number of rotatable bonds is 8. The van der Waals surface area contributed by atoms with Crippen LogP contribution in [0.15, 0.2) is 48.5 Å². The van der Waals surface area contributed by atoms with Crippen LogP contribution in [0.25, 0.3) is 0 Å². The van der Waals surface area contributed by atoms with Gasteiger partial charge in [0.05, 0.1) is 30.3 Å². The second-order valence-corrected chi connectivity index (χ2v) is 6.78. The maximum atomic E-state index is 12.8. The Morgan fingerprint density at radius 2 is 1.45 bits per heavy atom. The predicted octanol–water partition coefficient (Wildman–Crippen LogP) is 4.03. The van der Waals surface area contributed by atoms with Crippen LogP contribution in [0, 0.1) is 6.92 Å². The molecule has 0 bridgehead atoms. The summed E-state index contributed by atoms with van der Waals surface area (Å²) < 4.78 is 13.0. The van der Waals surface area contributed by atoms with Crippen molar-refractivity contribution in [1.29, 1.82) is 0 Å². The van der Waals surface area contributed by atoms with E-state index in [1.807, 2.05) is 26.8 Å². The van der Waals surface area contributed by atoms with Gasteiger partial charge < -0.3 is 20.1 Å². The fourth-order valence-corrected chi connectivity index (χ4v) is 3.10. The van der Waals surface area contributed by atoms with Gasteiger partial charge in [0.15, 0.2) is 0 Å². The van der Waals surface area contributed by atoms with Crippen LogP contribution >= 0.6 is 0 Å². The molecular weight excluding hydrogens is 396 g/mol. The topological polar surface area (TPSA) is 94.5 Å². The van der Waals surface area contributed by atoms with E-state index in [9.17, 15) is 9.59 Å². The molecule has 8 heteroatoms. The molecule has 0 saturated heterocycles. The number of carbonyl (C=O) groups is 2. The Labute approximate surface area is 181 Å². The zero-order valence-electron chi connectivity index (χ0n) is 18.1. The fourth-order valence-electron chi connectivity index (χ4n) is 3.10. The number of nitrogens with one attached hydrogen (secondary N) is 2. The molecule has 0 atom stereocenters. The highest BCUT2D eigenvalue weighted by molar-refractivity contribution is 6.07. The van der Waals surface area contributed by atoms with Crippen LogP contribution in [0.5, 0.6) is 11.5 Å². The summed E-state index contributed by atoms with van der Waals surface area (Å²) in [6.07, 6.45) is 0. The Hall–Kier alpha value is -3.81. The Balaban J connectivity index is 1.94. The summed E-state index contributed by atoms with van der Waals surface area (Å²) in [5.74, 6) is 0.243. The van der Waals surface area contributed by atoms with E-state index >= 15 is 0 Å². The Morgan fingerprint density at radius 1 is 0.903 bits per heavy atom. The quantitative estimate of drug-likeness (QED) is 0.572. The van der Waals surface area contributed by atoms with Crippen LogP contribution in [-0.2, 0) is 7.05 Å². The molecule has 0 spiro atoms. The molecule has 1 aromatic heterocycles. The highest BCUT2D eigenvalue weighted by Crippen LogP contribution is 2.37. The molecule has 3 rings (SSSR count). The van der Waals surface area contributed by atoms with E-state index in [1.54, 1.807) is 49.5 Å². The van der Waals surface area contributed by atoms with Crippen molar-refractivity contribution in [2.24, 2.45) is 7.05 Å². The molecule has 8 nitrogen and oxygen atoms in total. The van der Waals surface area contributed by atoms with Gasteiger partial charge in [-0.3, -0.25) is 14.3 Å². The molecule has 0 fully saturated rings. The minimum atomic E-state index is -0.326. The Kier molecular flexibility index (Phi) is 6.92. The number of aromatic nitrogens is 2. The molecule has 0 aliphatic heterocycles. The highest BCUT2D eigenvalue weighted by atomic mass is 16.5. The summed E-state index contributed by atoms with van der Waals surface area (Å²) in [6.45, 7) is 6.27. The van der Waals surface area contributed by atoms with Crippen LogP contribution in [0.1, 0.15) is 40.4 Å². The van der Waals surface area contributed by atoms with Crippen molar-refractivity contribution in [3.63, 3.8) is 0 Å². The van der Waals surface area contributed by atoms with E-state index < -0.39 is 0 Å². The van der Waals surface area contributed by atoms with Crippen LogP contribution in [0.2, 0.25) is 0 Å². The van der Waals surface area contributed by atoms with Gasteiger partial charge in [-0.05, 0) is 39.0 Å². The molecule has 2 N–H and O–H groups in total. The van der Waals surface area contributed by atoms with Gasteiger partial charge >= 0.3 is 0 Å². The third-order valence-electron chi connectivity index (χ3n) is 4.45. The van der Waals surface area contributed by atoms with Crippen LogP contribution < -0.4 is 20.1 Å². The van der Waals surface area contributed by atoms with Crippen molar-refractivity contribution < 1.29 is 19.1 Å². The second kappa shape index (κ2) is 9.80. The Morgan fingerprint density at radius 3 is 1.94 bits per heavy atom. The summed E-state index contributed by atoms with van der Waals surface area (Å²) >= 11 is 0. The molecule has 0 aliphatic rings. The molecule has 162 valence electrons. The number of amides is 2. The lowest BCUT2D eigenvalue weighted by Crippen LogP contribution is -2.18. The van der Waals surface area contributed by atoms with Gasteiger partial charge in [-0.15, -0.1) is 0 Å². The van der Waals surface area contributed by atoms with Gasteiger partial charge in [-0.2, -0.15) is 5.10 Å². The van der Waals surface area contributed by atoms with Crippen molar-refractivity contribution >= 4 is 23.2 Å². The van der Waals surface area contributed by atoms with E-state index in [1.165, 1.54) is 4.68 Å². The van der Waals surface area contributed by atoms with Gasteiger partial charge in [-0.25, -0.2) is 0 Å². The molecular formula is C23H26N4O4. The number of ether oxygens (including phenoxy) is 2. The molecule has 31 heavy (non-hydrogen) atoms. The number of hydrogen-bond acceptors (Lipinski definition) is 5. The first-order chi connectivity index (χ1) is 14.9. The number of hydrogen-bond donors (Lipinski definition) is 2. The number of benzene rings is 2. The number of anilines is 2. The zero-order valence-corrected chi connectivity index (χ0v) is 18.1. The first-order valence-electron chi connectivity index (χ1n) is 10.0. The van der Waals surface area contributed by atoms with Crippen molar-refractivity contribution in [2.75, 3.05) is 23.8 Å². The minimum Gasteiger partial charge on any atom is -0.492 e. The van der Waals surface area contributed by atoms with Crippen LogP contribution in [0.4, 0.5) is 11.4 Å².